The maximum atomic E-state index is 12.5. The van der Waals surface area contributed by atoms with Gasteiger partial charge in [0.05, 0.1) is 5.56 Å². The largest absolute Gasteiger partial charge is 0.483 e. The maximum Gasteiger partial charge on any atom is 0.416 e. The fraction of sp³-hybridized carbons (Fsp3) is 0.300. The minimum Gasteiger partial charge on any atom is -0.483 e. The Morgan fingerprint density at radius 1 is 1.04 bits per heavy atom. The van der Waals surface area contributed by atoms with E-state index in [0.717, 1.165) is 35.4 Å². The monoisotopic (exact) mass is 394 g/mol. The van der Waals surface area contributed by atoms with Crippen molar-refractivity contribution in [2.45, 2.75) is 32.9 Å². The summed E-state index contributed by atoms with van der Waals surface area (Å²) in [5.41, 5.74) is 5.37. The predicted octanol–water partition coefficient (Wildman–Crippen LogP) is 3.98. The van der Waals surface area contributed by atoms with Gasteiger partial charge in [0.2, 0.25) is 0 Å². The van der Waals surface area contributed by atoms with Crippen LogP contribution < -0.4 is 15.6 Å². The summed E-state index contributed by atoms with van der Waals surface area (Å²) in [4.78, 5) is 23.8. The molecule has 0 saturated heterocycles. The zero-order chi connectivity index (χ0) is 20.9. The van der Waals surface area contributed by atoms with E-state index in [4.69, 9.17) is 4.74 Å². The lowest BCUT2D eigenvalue weighted by Crippen LogP contribution is -2.43. The summed E-state index contributed by atoms with van der Waals surface area (Å²) in [6, 6.07) is 9.36. The van der Waals surface area contributed by atoms with Crippen molar-refractivity contribution in [2.75, 3.05) is 6.61 Å². The van der Waals surface area contributed by atoms with Crippen LogP contribution in [0.2, 0.25) is 0 Å². The van der Waals surface area contributed by atoms with Crippen molar-refractivity contribution in [3.05, 3.63) is 64.7 Å². The molecule has 0 aliphatic rings. The first kappa shape index (κ1) is 21.3. The second kappa shape index (κ2) is 8.77. The van der Waals surface area contributed by atoms with Gasteiger partial charge in [0.1, 0.15) is 5.75 Å². The van der Waals surface area contributed by atoms with Crippen molar-refractivity contribution in [1.82, 2.24) is 10.9 Å². The highest BCUT2D eigenvalue weighted by molar-refractivity contribution is 5.95. The molecule has 2 rings (SSSR count). The molecule has 0 fully saturated rings. The summed E-state index contributed by atoms with van der Waals surface area (Å²) in [6.07, 6.45) is -4.48. The topological polar surface area (TPSA) is 67.4 Å². The van der Waals surface area contributed by atoms with Crippen molar-refractivity contribution in [3.8, 4) is 5.75 Å². The Morgan fingerprint density at radius 3 is 2.25 bits per heavy atom. The van der Waals surface area contributed by atoms with Gasteiger partial charge in [0, 0.05) is 5.56 Å². The molecule has 0 radical (unpaired) electrons. The Morgan fingerprint density at radius 2 is 1.68 bits per heavy atom. The summed E-state index contributed by atoms with van der Waals surface area (Å²) >= 11 is 0. The standard InChI is InChI=1S/C20H21F3N2O3/c1-12(2)16-9-4-13(3)10-17(16)28-11-18(26)24-25-19(27)14-5-7-15(8-6-14)20(21,22)23/h4-10,12H,11H2,1-3H3,(H,24,26)(H,25,27). The normalized spacial score (nSPS) is 11.2. The molecule has 0 aliphatic carbocycles. The second-order valence-electron chi connectivity index (χ2n) is 6.56. The second-order valence-corrected chi connectivity index (χ2v) is 6.56. The molecule has 0 aliphatic heterocycles. The number of nitrogens with one attached hydrogen (secondary N) is 2. The lowest BCUT2D eigenvalue weighted by molar-refractivity contribution is -0.137. The molecule has 0 unspecified atom stereocenters. The van der Waals surface area contributed by atoms with E-state index < -0.39 is 23.6 Å². The van der Waals surface area contributed by atoms with Gasteiger partial charge >= 0.3 is 6.18 Å². The third kappa shape index (κ3) is 5.73. The van der Waals surface area contributed by atoms with Crippen LogP contribution in [0.25, 0.3) is 0 Å². The van der Waals surface area contributed by atoms with Gasteiger partial charge in [-0.2, -0.15) is 13.2 Å². The fourth-order valence-electron chi connectivity index (χ4n) is 2.43. The van der Waals surface area contributed by atoms with E-state index in [1.165, 1.54) is 0 Å². The molecule has 8 heteroatoms. The van der Waals surface area contributed by atoms with E-state index in [2.05, 4.69) is 10.9 Å². The van der Waals surface area contributed by atoms with Crippen molar-refractivity contribution in [1.29, 1.82) is 0 Å². The Hall–Kier alpha value is -3.03. The quantitative estimate of drug-likeness (QED) is 0.754. The van der Waals surface area contributed by atoms with E-state index in [1.54, 1.807) is 0 Å². The number of hydrogen-bond acceptors (Lipinski definition) is 3. The number of hydrazine groups is 1. The first-order chi connectivity index (χ1) is 13.1. The summed E-state index contributed by atoms with van der Waals surface area (Å²) in [5.74, 6) is -0.547. The van der Waals surface area contributed by atoms with E-state index in [-0.39, 0.29) is 18.1 Å². The predicted molar refractivity (Wildman–Crippen MR) is 97.8 cm³/mol. The van der Waals surface area contributed by atoms with Crippen molar-refractivity contribution < 1.29 is 27.5 Å². The molecule has 0 atom stereocenters. The molecule has 0 saturated carbocycles. The number of aryl methyl sites for hydroxylation is 1. The first-order valence-corrected chi connectivity index (χ1v) is 8.57. The number of amides is 2. The van der Waals surface area contributed by atoms with Gasteiger partial charge in [-0.25, -0.2) is 0 Å². The molecule has 5 nitrogen and oxygen atoms in total. The molecule has 28 heavy (non-hydrogen) atoms. The highest BCUT2D eigenvalue weighted by Gasteiger charge is 2.30. The smallest absolute Gasteiger partial charge is 0.416 e. The molecule has 0 heterocycles. The average molecular weight is 394 g/mol. The molecule has 2 aromatic carbocycles. The van der Waals surface area contributed by atoms with Crippen LogP contribution in [0, 0.1) is 6.92 Å². The first-order valence-electron chi connectivity index (χ1n) is 8.57. The van der Waals surface area contributed by atoms with Gasteiger partial charge in [-0.05, 0) is 54.3 Å². The van der Waals surface area contributed by atoms with Gasteiger partial charge in [0.15, 0.2) is 6.61 Å². The average Bonchev–Trinajstić information content (AvgIpc) is 2.63. The Bertz CT molecular complexity index is 847. The van der Waals surface area contributed by atoms with Crippen molar-refractivity contribution >= 4 is 11.8 Å². The van der Waals surface area contributed by atoms with Gasteiger partial charge < -0.3 is 4.74 Å². The zero-order valence-electron chi connectivity index (χ0n) is 15.7. The number of ether oxygens (including phenoxy) is 1. The van der Waals surface area contributed by atoms with Crippen LogP contribution in [0.5, 0.6) is 5.75 Å². The van der Waals surface area contributed by atoms with Crippen LogP contribution in [0.1, 0.15) is 46.8 Å². The van der Waals surface area contributed by atoms with Gasteiger partial charge in [0.25, 0.3) is 11.8 Å². The van der Waals surface area contributed by atoms with Gasteiger partial charge in [-0.3, -0.25) is 20.4 Å². The van der Waals surface area contributed by atoms with Crippen LogP contribution in [0.15, 0.2) is 42.5 Å². The number of carbonyl (C=O) groups excluding carboxylic acids is 2. The summed E-state index contributed by atoms with van der Waals surface area (Å²) in [5, 5.41) is 0. The zero-order valence-corrected chi connectivity index (χ0v) is 15.7. The van der Waals surface area contributed by atoms with Crippen LogP contribution in [0.4, 0.5) is 13.2 Å². The Kier molecular flexibility index (Phi) is 6.66. The van der Waals surface area contributed by atoms with Crippen LogP contribution in [0.3, 0.4) is 0 Å². The number of halogens is 3. The number of benzene rings is 2. The lowest BCUT2D eigenvalue weighted by Gasteiger charge is -2.15. The summed E-state index contributed by atoms with van der Waals surface area (Å²) in [7, 11) is 0. The molecular weight excluding hydrogens is 373 g/mol. The molecule has 150 valence electrons. The fourth-order valence-corrected chi connectivity index (χ4v) is 2.43. The highest BCUT2D eigenvalue weighted by atomic mass is 19.4. The summed E-state index contributed by atoms with van der Waals surface area (Å²) < 4.78 is 43.1. The SMILES string of the molecule is Cc1ccc(C(C)C)c(OCC(=O)NNC(=O)c2ccc(C(F)(F)F)cc2)c1. The van der Waals surface area contributed by atoms with Crippen LogP contribution in [-0.2, 0) is 11.0 Å². The third-order valence-corrected chi connectivity index (χ3v) is 3.94. The number of hydrogen-bond donors (Lipinski definition) is 2. The van der Waals surface area contributed by atoms with Gasteiger partial charge in [-0.15, -0.1) is 0 Å². The maximum absolute atomic E-state index is 12.5. The van der Waals surface area contributed by atoms with Crippen LogP contribution in [-0.4, -0.2) is 18.4 Å². The molecule has 2 aromatic rings. The number of alkyl halides is 3. The molecular formula is C20H21F3N2O3. The minimum absolute atomic E-state index is 0.0185. The van der Waals surface area contributed by atoms with E-state index in [9.17, 15) is 22.8 Å². The lowest BCUT2D eigenvalue weighted by atomic mass is 10.0. The van der Waals surface area contributed by atoms with E-state index in [1.807, 2.05) is 39.0 Å². The summed E-state index contributed by atoms with van der Waals surface area (Å²) in [6.45, 7) is 5.58. The molecule has 2 amide bonds. The molecule has 2 N–H and O–H groups in total. The van der Waals surface area contributed by atoms with E-state index in [0.29, 0.717) is 5.75 Å². The molecule has 0 spiro atoms. The minimum atomic E-state index is -4.48. The Balaban J connectivity index is 1.89. The number of carbonyl (C=O) groups is 2. The van der Waals surface area contributed by atoms with Crippen LogP contribution >= 0.6 is 0 Å². The number of rotatable bonds is 5. The van der Waals surface area contributed by atoms with Crippen molar-refractivity contribution in [3.63, 3.8) is 0 Å². The molecule has 0 aromatic heterocycles. The highest BCUT2D eigenvalue weighted by Crippen LogP contribution is 2.29. The van der Waals surface area contributed by atoms with Gasteiger partial charge in [-0.1, -0.05) is 26.0 Å². The third-order valence-electron chi connectivity index (χ3n) is 3.94. The Labute approximate surface area is 160 Å². The van der Waals surface area contributed by atoms with Crippen molar-refractivity contribution in [2.24, 2.45) is 0 Å². The molecule has 0 bridgehead atoms. The van der Waals surface area contributed by atoms with E-state index >= 15 is 0 Å².